The summed E-state index contributed by atoms with van der Waals surface area (Å²) in [5.41, 5.74) is 31.4. The molecule has 0 fully saturated rings. The fourth-order valence-electron chi connectivity index (χ4n) is 17.0. The maximum Gasteiger partial charge on any atom is 0.112 e. The molecule has 0 radical (unpaired) electrons. The van der Waals surface area contributed by atoms with Gasteiger partial charge in [0.1, 0.15) is 11.0 Å². The summed E-state index contributed by atoms with van der Waals surface area (Å²) < 4.78 is 9.36. The molecule has 0 unspecified atom stereocenters. The first-order valence-corrected chi connectivity index (χ1v) is 38.2. The van der Waals surface area contributed by atoms with Crippen LogP contribution in [0.2, 0.25) is 0 Å². The summed E-state index contributed by atoms with van der Waals surface area (Å²) in [7, 11) is 0. The van der Waals surface area contributed by atoms with Gasteiger partial charge >= 0.3 is 0 Å². The molecule has 2 nitrogen and oxygen atoms in total. The Balaban J connectivity index is 0.000000192. The summed E-state index contributed by atoms with van der Waals surface area (Å²) in [6, 6.07) is 68.5. The molecule has 0 saturated carbocycles. The van der Waals surface area contributed by atoms with Crippen LogP contribution in [0.3, 0.4) is 0 Å². The van der Waals surface area contributed by atoms with Crippen LogP contribution in [0.25, 0.3) is 99.3 Å². The number of nitrogens with zero attached hydrogens (tertiary/aromatic N) is 2. The molecule has 1 aromatic heterocycles. The third-order valence-corrected chi connectivity index (χ3v) is 22.6. The van der Waals surface area contributed by atoms with Crippen LogP contribution in [-0.4, -0.2) is 8.75 Å². The highest BCUT2D eigenvalue weighted by molar-refractivity contribution is 7.00. The smallest absolute Gasteiger partial charge is 0.112 e. The zero-order chi connectivity index (χ0) is 65.9. The van der Waals surface area contributed by atoms with Gasteiger partial charge in [-0.15, -0.1) is 0 Å². The van der Waals surface area contributed by atoms with E-state index in [1.54, 1.807) is 22.3 Å². The molecule has 0 aliphatic heterocycles. The van der Waals surface area contributed by atoms with Crippen molar-refractivity contribution in [1.29, 1.82) is 0 Å². The number of aromatic nitrogens is 2. The Morgan fingerprint density at radius 3 is 1.25 bits per heavy atom. The van der Waals surface area contributed by atoms with Gasteiger partial charge in [-0.3, -0.25) is 0 Å². The van der Waals surface area contributed by atoms with Gasteiger partial charge in [0.2, 0.25) is 0 Å². The first-order chi connectivity index (χ1) is 46.5. The normalized spacial score (nSPS) is 13.3. The van der Waals surface area contributed by atoms with E-state index in [0.717, 1.165) is 17.5 Å². The Morgan fingerprint density at radius 1 is 0.295 bits per heavy atom. The van der Waals surface area contributed by atoms with Crippen LogP contribution < -0.4 is 0 Å². The van der Waals surface area contributed by atoms with E-state index >= 15 is 0 Å². The van der Waals surface area contributed by atoms with Crippen LogP contribution in [0, 0.1) is 27.7 Å². The lowest BCUT2D eigenvalue weighted by atomic mass is 9.70. The summed E-state index contributed by atoms with van der Waals surface area (Å²) in [6.45, 7) is 20.4. The number of unbranched alkanes of at least 4 members (excludes halogenated alkanes) is 16. The van der Waals surface area contributed by atoms with Crippen LogP contribution in [0.5, 0.6) is 0 Å². The standard InChI is InChI=1S/C55H58.C37H48N2S/c1-6-9-11-15-31-55(32-16-12-10-7-2)51-34-39(5)25-28-45(51)46-30-27-42(37-52(46)55)41-20-18-22-44(36-41)54-48-24-14-13-23-47(48)53(43-21-17-19-38(4)33-43)49-29-26-40(8-3)35-50(49)54;1-5-7-9-11-13-15-23-37(24-16-14-12-10-8-6-2)33-25-27(3)17-20-31(33)32-22-19-29(26-34(32)37)30-21-18-28(4)35-36(30)39-40-38-35/h13-14,17-30,33-37H,6-12,15-16,31-32H2,1-5H3;17-22,25-26H,5-16,23-24H2,1-4H3. The quantitative estimate of drug-likeness (QED) is 0.0345. The molecule has 95 heavy (non-hydrogen) atoms. The van der Waals surface area contributed by atoms with Crippen LogP contribution >= 0.6 is 11.7 Å². The predicted molar refractivity (Wildman–Crippen MR) is 415 cm³/mol. The third-order valence-electron chi connectivity index (χ3n) is 22.1. The van der Waals surface area contributed by atoms with E-state index in [2.05, 4.69) is 243 Å². The molecule has 11 aromatic rings. The number of benzene rings is 10. The largest absolute Gasteiger partial charge is 0.173 e. The lowest BCUT2D eigenvalue weighted by Crippen LogP contribution is -2.25. The van der Waals surface area contributed by atoms with E-state index in [9.17, 15) is 0 Å². The van der Waals surface area contributed by atoms with E-state index < -0.39 is 0 Å². The van der Waals surface area contributed by atoms with E-state index in [1.165, 1.54) is 282 Å². The molecule has 490 valence electrons. The van der Waals surface area contributed by atoms with Crippen molar-refractivity contribution in [3.63, 3.8) is 0 Å². The summed E-state index contributed by atoms with van der Waals surface area (Å²) in [6.07, 6.45) is 32.5. The van der Waals surface area contributed by atoms with Crippen LogP contribution in [0.1, 0.15) is 239 Å². The van der Waals surface area contributed by atoms with Crippen molar-refractivity contribution in [3.8, 4) is 66.8 Å². The van der Waals surface area contributed by atoms with Crippen molar-refractivity contribution in [1.82, 2.24) is 8.75 Å². The van der Waals surface area contributed by atoms with Gasteiger partial charge in [0.15, 0.2) is 0 Å². The van der Waals surface area contributed by atoms with Gasteiger partial charge in [0.05, 0.1) is 11.7 Å². The molecule has 0 bridgehead atoms. The average Bonchev–Trinajstić information content (AvgIpc) is 1.68. The van der Waals surface area contributed by atoms with Crippen LogP contribution in [-0.2, 0) is 17.3 Å². The van der Waals surface area contributed by atoms with E-state index in [-0.39, 0.29) is 10.8 Å². The van der Waals surface area contributed by atoms with Gasteiger partial charge in [-0.1, -0.05) is 337 Å². The van der Waals surface area contributed by atoms with E-state index in [0.29, 0.717) is 0 Å². The third kappa shape index (κ3) is 14.1. The van der Waals surface area contributed by atoms with E-state index in [1.807, 2.05) is 0 Å². The maximum absolute atomic E-state index is 4.74. The lowest BCUT2D eigenvalue weighted by Gasteiger charge is -2.33. The summed E-state index contributed by atoms with van der Waals surface area (Å²) in [5, 5.41) is 5.29. The molecule has 0 amide bonds. The molecule has 2 aliphatic carbocycles. The number of hydrogen-bond donors (Lipinski definition) is 0. The van der Waals surface area contributed by atoms with E-state index in [4.69, 9.17) is 4.37 Å². The van der Waals surface area contributed by atoms with Crippen molar-refractivity contribution in [2.24, 2.45) is 0 Å². The zero-order valence-electron chi connectivity index (χ0n) is 59.2. The Labute approximate surface area is 575 Å². The van der Waals surface area contributed by atoms with Gasteiger partial charge in [-0.2, -0.15) is 8.75 Å². The predicted octanol–water partition coefficient (Wildman–Crippen LogP) is 28.1. The topological polar surface area (TPSA) is 25.8 Å². The first kappa shape index (κ1) is 67.5. The Kier molecular flexibility index (Phi) is 22.1. The Hall–Kier alpha value is -7.46. The van der Waals surface area contributed by atoms with Crippen molar-refractivity contribution < 1.29 is 0 Å². The molecule has 2 aliphatic rings. The number of rotatable bonds is 29. The molecule has 13 rings (SSSR count). The molecule has 3 heteroatoms. The van der Waals surface area contributed by atoms with Crippen LogP contribution in [0.15, 0.2) is 176 Å². The molecule has 0 saturated heterocycles. The minimum Gasteiger partial charge on any atom is -0.173 e. The van der Waals surface area contributed by atoms with Crippen molar-refractivity contribution >= 4 is 44.3 Å². The molecule has 0 N–H and O–H groups in total. The summed E-state index contributed by atoms with van der Waals surface area (Å²) in [4.78, 5) is 0. The SMILES string of the molecule is CCCCCCC1(CCCCCC)c2cc(C)ccc2-c2ccc(-c3cccc(-c4c5ccccc5c(-c5cccc(C)c5)c5ccc(CC)cc45)c3)cc21.CCCCCCCCC1(CCCCCCCC)c2cc(C)ccc2-c2ccc(-c3ccc(C)c4nsnc34)cc21. The minimum absolute atomic E-state index is 0.0698. The fourth-order valence-corrected chi connectivity index (χ4v) is 17.6. The molecular weight excluding hydrogens is 1170 g/mol. The molecular formula is C92H106N2S. The summed E-state index contributed by atoms with van der Waals surface area (Å²) in [5.74, 6) is 0. The molecule has 10 aromatic carbocycles. The number of aryl methyl sites for hydroxylation is 5. The Morgan fingerprint density at radius 2 is 0.705 bits per heavy atom. The van der Waals surface area contributed by atoms with Gasteiger partial charge < -0.3 is 0 Å². The molecule has 0 spiro atoms. The monoisotopic (exact) mass is 1270 g/mol. The second-order valence-corrected chi connectivity index (χ2v) is 29.3. The van der Waals surface area contributed by atoms with Crippen molar-refractivity contribution in [2.75, 3.05) is 0 Å². The highest BCUT2D eigenvalue weighted by atomic mass is 32.1. The zero-order valence-corrected chi connectivity index (χ0v) is 60.0. The van der Waals surface area contributed by atoms with Gasteiger partial charge in [-0.05, 0) is 194 Å². The molecule has 1 heterocycles. The Bertz CT molecular complexity index is 4410. The van der Waals surface area contributed by atoms with Gasteiger partial charge in [-0.25, -0.2) is 0 Å². The van der Waals surface area contributed by atoms with Gasteiger partial charge in [0, 0.05) is 16.4 Å². The first-order valence-electron chi connectivity index (χ1n) is 37.4. The average molecular weight is 1270 g/mol. The summed E-state index contributed by atoms with van der Waals surface area (Å²) >= 11 is 1.33. The highest BCUT2D eigenvalue weighted by Crippen LogP contribution is 2.58. The van der Waals surface area contributed by atoms with Crippen LogP contribution in [0.4, 0.5) is 0 Å². The maximum atomic E-state index is 4.74. The number of hydrogen-bond acceptors (Lipinski definition) is 3. The van der Waals surface area contributed by atoms with Gasteiger partial charge in [0.25, 0.3) is 0 Å². The van der Waals surface area contributed by atoms with Crippen molar-refractivity contribution in [3.05, 3.63) is 226 Å². The second-order valence-electron chi connectivity index (χ2n) is 28.8. The second kappa shape index (κ2) is 31.2. The minimum atomic E-state index is 0.0698. The van der Waals surface area contributed by atoms with Crippen molar-refractivity contribution in [2.45, 2.75) is 234 Å². The lowest BCUT2D eigenvalue weighted by molar-refractivity contribution is 0.398. The molecule has 0 atom stereocenters. The fraction of sp³-hybridized carbons (Fsp3) is 0.391. The highest BCUT2D eigenvalue weighted by Gasteiger charge is 2.44. The number of fused-ring (bicyclic) bond motifs is 9.